The first kappa shape index (κ1) is 99.9. The second-order valence-corrected chi connectivity index (χ2v) is 33.9. The molecule has 36 nitrogen and oxygen atoms in total. The lowest BCUT2D eigenvalue weighted by molar-refractivity contribution is -0.265. The number of Topliss-reactive ketones (excluding diaryl/α,β-unsaturated/α-hetero) is 3. The number of hydrogen-bond acceptors (Lipinski definition) is 32. The molecule has 2 amide bonds. The van der Waals surface area contributed by atoms with Gasteiger partial charge in [0.1, 0.15) is 53.5 Å². The minimum atomic E-state index is -2.49. The number of aromatic nitrogens is 8. The smallest absolute Gasteiger partial charge is 0.329 e. The van der Waals surface area contributed by atoms with Crippen LogP contribution in [0.25, 0.3) is 33.4 Å². The first-order valence-corrected chi connectivity index (χ1v) is 44.8. The van der Waals surface area contributed by atoms with Gasteiger partial charge in [-0.25, -0.2) is 24.1 Å². The van der Waals surface area contributed by atoms with Crippen LogP contribution in [0.3, 0.4) is 0 Å². The van der Waals surface area contributed by atoms with Crippen molar-refractivity contribution in [3.05, 3.63) is 84.0 Å². The number of ketones is 3. The van der Waals surface area contributed by atoms with Crippen molar-refractivity contribution < 1.29 is 110 Å². The number of oxazole rings is 1. The van der Waals surface area contributed by atoms with Crippen molar-refractivity contribution in [3.8, 4) is 11.3 Å². The molecule has 1 aromatic carbocycles. The maximum absolute atomic E-state index is 14.7. The van der Waals surface area contributed by atoms with Crippen LogP contribution in [-0.4, -0.2) is 307 Å². The molecule has 2 bridgehead atoms. The Morgan fingerprint density at radius 2 is 1.39 bits per heavy atom. The number of benzene rings is 1. The van der Waals surface area contributed by atoms with Crippen molar-refractivity contribution in [2.75, 3.05) is 158 Å². The zero-order chi connectivity index (χ0) is 90.1. The molecule has 5 aromatic rings. The molecule has 15 atom stereocenters. The second-order valence-electron chi connectivity index (χ2n) is 33.9. The van der Waals surface area contributed by atoms with Crippen molar-refractivity contribution in [3.63, 3.8) is 0 Å². The number of nitrogens with two attached hydrogens (primary N) is 3. The van der Waals surface area contributed by atoms with Crippen LogP contribution in [0.4, 0.5) is 11.8 Å². The number of aryl methyl sites for hydroxylation is 1. The number of carbonyl (C=O) groups excluding carboxylic acids is 6. The molecule has 9 N–H and O–H groups in total. The number of unbranched alkanes of at least 4 members (excludes halogenated alkanes) is 1. The van der Waals surface area contributed by atoms with E-state index in [9.17, 15) is 44.1 Å². The molecule has 36 heteroatoms. The van der Waals surface area contributed by atoms with Crippen LogP contribution in [0.5, 0.6) is 0 Å². The van der Waals surface area contributed by atoms with Crippen molar-refractivity contribution in [2.24, 2.45) is 41.2 Å². The molecule has 0 spiro atoms. The Morgan fingerprint density at radius 1 is 0.714 bits per heavy atom. The fraction of sp³-hybridized carbons (Fsp3) is 0.689. The summed E-state index contributed by atoms with van der Waals surface area (Å²) in [4.78, 5) is 100. The molecule has 1 saturated carbocycles. The number of piperidine rings is 1. The second kappa shape index (κ2) is 51.2. The summed E-state index contributed by atoms with van der Waals surface area (Å²) in [7, 11) is 3.20. The summed E-state index contributed by atoms with van der Waals surface area (Å²) >= 11 is 0. The molecule has 126 heavy (non-hydrogen) atoms. The number of nitrogens with zero attached hydrogens (tertiary/aromatic N) is 10. The van der Waals surface area contributed by atoms with Gasteiger partial charge in [-0.1, -0.05) is 69.4 Å². The highest BCUT2D eigenvalue weighted by Crippen LogP contribution is 2.39. The highest BCUT2D eigenvalue weighted by Gasteiger charge is 2.53. The quantitative estimate of drug-likeness (QED) is 0.0103. The van der Waals surface area contributed by atoms with Gasteiger partial charge in [0.05, 0.1) is 154 Å². The average Bonchev–Trinajstić information content (AvgIpc) is 1.07. The van der Waals surface area contributed by atoms with Gasteiger partial charge in [0.15, 0.2) is 17.0 Å². The fourth-order valence-electron chi connectivity index (χ4n) is 16.8. The number of methoxy groups -OCH3 is 2. The van der Waals surface area contributed by atoms with Crippen LogP contribution in [0.2, 0.25) is 0 Å². The number of likely N-dealkylation sites (tertiary alicyclic amines) is 1. The summed E-state index contributed by atoms with van der Waals surface area (Å²) in [5.74, 6) is -8.35. The largest absolute Gasteiger partial charge is 0.459 e. The van der Waals surface area contributed by atoms with Crippen LogP contribution in [0.1, 0.15) is 144 Å². The molecule has 698 valence electrons. The van der Waals surface area contributed by atoms with Gasteiger partial charge >= 0.3 is 5.97 Å². The topological polar surface area (TPSA) is 468 Å². The Balaban J connectivity index is 0.541. The normalized spacial score (nSPS) is 26.7. The Morgan fingerprint density at radius 3 is 2.06 bits per heavy atom. The average molecular weight is 1770 g/mol. The van der Waals surface area contributed by atoms with Gasteiger partial charge < -0.3 is 108 Å². The third-order valence-electron chi connectivity index (χ3n) is 24.2. The first-order chi connectivity index (χ1) is 60.8. The van der Waals surface area contributed by atoms with Crippen molar-refractivity contribution in [2.45, 2.75) is 218 Å². The number of nitrogen functional groups attached to an aromatic ring is 2. The number of cyclic esters (lactones) is 1. The molecule has 5 aliphatic rings. The van der Waals surface area contributed by atoms with E-state index in [0.717, 1.165) is 34.6 Å². The van der Waals surface area contributed by atoms with Crippen molar-refractivity contribution in [1.29, 1.82) is 0 Å². The van der Waals surface area contributed by atoms with Gasteiger partial charge in [0.2, 0.25) is 11.7 Å². The fourth-order valence-corrected chi connectivity index (χ4v) is 16.8. The number of fused-ring (bicyclic) bond motifs is 5. The van der Waals surface area contributed by atoms with Gasteiger partial charge in [0.25, 0.3) is 17.7 Å². The molecule has 1 aliphatic carbocycles. The number of aliphatic hydroxyl groups is 3. The van der Waals surface area contributed by atoms with Gasteiger partial charge in [-0.2, -0.15) is 10.1 Å². The summed E-state index contributed by atoms with van der Waals surface area (Å²) in [6, 6.07) is 3.45. The summed E-state index contributed by atoms with van der Waals surface area (Å²) in [6.45, 7) is 19.7. The van der Waals surface area contributed by atoms with E-state index in [4.69, 9.17) is 88.3 Å². The standard InChI is InChI=1S/C90H135N13O23/c1-58-16-10-9-11-17-59(2)75(113-7)51-68-23-20-63(6)90(112,126-68)84(109)87(110)102-27-14-12-19-71(102)88(111)124-76(52-72(104)60(3)47-62(5)82(107)83(108)81(106)61(4)46-58)69(91)48-64-21-24-74(77(49-64)114-8)123-29-15-13-18-67-56-101(99-97-67)28-31-116-33-35-118-37-39-120-41-43-122-45-44-121-42-40-119-38-36-117-34-32-115-30-26-78(105)100-53-65(54-100)55-103-86-79(85(92)94-57-95-86)80(98-103)66-22-25-73-70(50-66)96-89(93)125-73/h9-11,16-17,22,25,47,50,56-58,60-61,63-65,68-69,71,74-77,82-83,107-108,112H,12-15,18-21,23-24,26-46,48-49,51-55,91H2,1-8H3,(H2,93,96)(H2,92,94,95)/b11-9?,16-10+,59-17?,62-47+/t58-,60-,61-,63-,64+,68+,69-,71+,74-,75+,76+,77-,82-,83+,90-/m1/s1. The third kappa shape index (κ3) is 29.6. The maximum Gasteiger partial charge on any atom is 0.329 e. The van der Waals surface area contributed by atoms with Gasteiger partial charge in [0, 0.05) is 101 Å². The third-order valence-corrected chi connectivity index (χ3v) is 24.2. The van der Waals surface area contributed by atoms with E-state index >= 15 is 0 Å². The number of rotatable bonds is 41. The number of hydrogen-bond donors (Lipinski definition) is 6. The number of anilines is 2. The van der Waals surface area contributed by atoms with Gasteiger partial charge in [-0.15, -0.1) is 5.10 Å². The van der Waals surface area contributed by atoms with E-state index in [0.29, 0.717) is 236 Å². The summed E-state index contributed by atoms with van der Waals surface area (Å²) < 4.78 is 84.9. The van der Waals surface area contributed by atoms with Crippen LogP contribution in [-0.2, 0) is 110 Å². The zero-order valence-electron chi connectivity index (χ0n) is 74.6. The molecular formula is C90H135N13O23. The SMILES string of the molecule is CO[C@H]1C[C@@H]2CC[C@@H](C)[C@@](O)(O2)C(=O)C(=O)N2CCCC[C@H]2C(=O)O[C@H]([C@H](N)C[C@@H]2CC[C@@H](OCCCCc3cn(CCOCCOCCOCCOCCOCCOCCOCCOCCC(=O)N4CC(Cn5nc(-c6ccc7oc(N)nc7c6)c6c(N)ncnc65)C4)nn3)[C@H](OC)C2)CC(=O)[C@H](C)/C=C(\C)[C@@H](O)[C@@H](O)C(=O)[C@H](C)C[C@H](C)/C=C/C=CC=C1C. The molecule has 0 radical (unpaired) electrons. The lowest BCUT2D eigenvalue weighted by Gasteiger charge is -2.42. The molecular weight excluding hydrogens is 1630 g/mol. The predicted octanol–water partition coefficient (Wildman–Crippen LogP) is 6.65. The van der Waals surface area contributed by atoms with E-state index in [1.54, 1.807) is 45.7 Å². The summed E-state index contributed by atoms with van der Waals surface area (Å²) in [6.07, 6.45) is 15.2. The van der Waals surface area contributed by atoms with Crippen LogP contribution in [0.15, 0.2) is 82.7 Å². The number of ether oxygens (including phenoxy) is 13. The number of esters is 1. The Labute approximate surface area is 737 Å². The van der Waals surface area contributed by atoms with E-state index in [2.05, 4.69) is 25.3 Å². The van der Waals surface area contributed by atoms with E-state index in [-0.39, 0.29) is 79.7 Å². The summed E-state index contributed by atoms with van der Waals surface area (Å²) in [5.41, 5.74) is 24.2. The maximum atomic E-state index is 14.7. The van der Waals surface area contributed by atoms with Crippen molar-refractivity contribution >= 4 is 69.1 Å². The lowest BCUT2D eigenvalue weighted by atomic mass is 9.80. The van der Waals surface area contributed by atoms with E-state index in [1.165, 1.54) is 19.3 Å². The Kier molecular flexibility index (Phi) is 40.6. The zero-order valence-corrected chi connectivity index (χ0v) is 74.6. The van der Waals surface area contributed by atoms with Crippen molar-refractivity contribution in [1.82, 2.24) is 49.5 Å². The number of allylic oxidation sites excluding steroid dienone is 6. The van der Waals surface area contributed by atoms with Crippen LogP contribution >= 0.6 is 0 Å². The van der Waals surface area contributed by atoms with E-state index < -0.39 is 95.4 Å². The monoisotopic (exact) mass is 1770 g/mol. The molecule has 4 aromatic heterocycles. The minimum absolute atomic E-state index is 0.0258. The Bertz CT molecular complexity index is 4380. The molecule has 0 unspecified atom stereocenters. The van der Waals surface area contributed by atoms with E-state index in [1.807, 2.05) is 72.1 Å². The minimum Gasteiger partial charge on any atom is -0.459 e. The number of aliphatic hydroxyl groups excluding tert-OH is 2. The number of amides is 2. The molecule has 3 saturated heterocycles. The highest BCUT2D eigenvalue weighted by molar-refractivity contribution is 6.39. The van der Waals surface area contributed by atoms with Gasteiger partial charge in [-0.3, -0.25) is 24.0 Å². The molecule has 10 rings (SSSR count). The van der Waals surface area contributed by atoms with Gasteiger partial charge in [-0.05, 0) is 138 Å². The molecule has 4 aliphatic heterocycles. The highest BCUT2D eigenvalue weighted by atomic mass is 16.6. The summed E-state index contributed by atoms with van der Waals surface area (Å²) in [5, 5.41) is 48.8. The molecule has 8 heterocycles. The Hall–Kier alpha value is -8.28. The van der Waals surface area contributed by atoms with Crippen LogP contribution < -0.4 is 17.2 Å². The van der Waals surface area contributed by atoms with Crippen LogP contribution in [0, 0.1) is 35.5 Å². The first-order valence-electron chi connectivity index (χ1n) is 44.8. The lowest BCUT2D eigenvalue weighted by Crippen LogP contribution is -2.61. The number of carbonyl (C=O) groups is 6. The predicted molar refractivity (Wildman–Crippen MR) is 464 cm³/mol. The molecule has 4 fully saturated rings.